The Balaban J connectivity index is 1.92. The summed E-state index contributed by atoms with van der Waals surface area (Å²) < 4.78 is 5.94. The van der Waals surface area contributed by atoms with E-state index in [0.717, 1.165) is 11.4 Å². The first-order valence-electron chi connectivity index (χ1n) is 6.67. The van der Waals surface area contributed by atoms with Crippen molar-refractivity contribution >= 4 is 5.69 Å². The molecule has 2 nitrogen and oxygen atoms in total. The van der Waals surface area contributed by atoms with Crippen LogP contribution < -0.4 is 10.1 Å². The van der Waals surface area contributed by atoms with Gasteiger partial charge in [0.05, 0.1) is 6.04 Å². The van der Waals surface area contributed by atoms with Crippen LogP contribution >= 0.6 is 0 Å². The summed E-state index contributed by atoms with van der Waals surface area (Å²) in [6.45, 7) is 6.94. The third-order valence-corrected chi connectivity index (χ3v) is 3.07. The number of aryl methyl sites for hydroxylation is 2. The minimum Gasteiger partial charge on any atom is -0.491 e. The molecular weight excluding hydrogens is 234 g/mol. The highest BCUT2D eigenvalue weighted by Gasteiger charge is 2.06. The first-order valence-corrected chi connectivity index (χ1v) is 6.67. The van der Waals surface area contributed by atoms with Crippen molar-refractivity contribution in [2.45, 2.75) is 26.8 Å². The number of anilines is 1. The SMILES string of the molecule is Cc1cccc(C)c1OCC(C)Nc1ccccc1. The van der Waals surface area contributed by atoms with E-state index in [0.29, 0.717) is 6.61 Å². The Bertz CT molecular complexity index is 502. The molecule has 0 aliphatic carbocycles. The van der Waals surface area contributed by atoms with Gasteiger partial charge in [0, 0.05) is 5.69 Å². The minimum atomic E-state index is 0.265. The highest BCUT2D eigenvalue weighted by atomic mass is 16.5. The largest absolute Gasteiger partial charge is 0.491 e. The molecule has 1 atom stereocenters. The predicted octanol–water partition coefficient (Wildman–Crippen LogP) is 4.18. The molecular formula is C17H21NO. The van der Waals surface area contributed by atoms with Crippen LogP contribution in [0.15, 0.2) is 48.5 Å². The van der Waals surface area contributed by atoms with Gasteiger partial charge in [0.15, 0.2) is 0 Å². The van der Waals surface area contributed by atoms with Gasteiger partial charge < -0.3 is 10.1 Å². The van der Waals surface area contributed by atoms with Crippen LogP contribution in [0.2, 0.25) is 0 Å². The Labute approximate surface area is 115 Å². The van der Waals surface area contributed by atoms with Crippen molar-refractivity contribution in [1.82, 2.24) is 0 Å². The van der Waals surface area contributed by atoms with Crippen molar-refractivity contribution in [2.24, 2.45) is 0 Å². The van der Waals surface area contributed by atoms with Crippen molar-refractivity contribution in [1.29, 1.82) is 0 Å². The summed E-state index contributed by atoms with van der Waals surface area (Å²) in [5.74, 6) is 1.00. The molecule has 0 bridgehead atoms. The number of hydrogen-bond donors (Lipinski definition) is 1. The van der Waals surface area contributed by atoms with Gasteiger partial charge in [-0.1, -0.05) is 36.4 Å². The number of hydrogen-bond acceptors (Lipinski definition) is 2. The van der Waals surface area contributed by atoms with E-state index in [-0.39, 0.29) is 6.04 Å². The minimum absolute atomic E-state index is 0.265. The lowest BCUT2D eigenvalue weighted by molar-refractivity contribution is 0.300. The molecule has 1 N–H and O–H groups in total. The van der Waals surface area contributed by atoms with Gasteiger partial charge in [0.25, 0.3) is 0 Å². The van der Waals surface area contributed by atoms with Gasteiger partial charge in [-0.15, -0.1) is 0 Å². The fourth-order valence-corrected chi connectivity index (χ4v) is 2.10. The van der Waals surface area contributed by atoms with Gasteiger partial charge in [0.1, 0.15) is 12.4 Å². The van der Waals surface area contributed by atoms with E-state index < -0.39 is 0 Å². The average molecular weight is 255 g/mol. The average Bonchev–Trinajstić information content (AvgIpc) is 2.39. The number of nitrogens with one attached hydrogen (secondary N) is 1. The predicted molar refractivity (Wildman–Crippen MR) is 80.9 cm³/mol. The topological polar surface area (TPSA) is 21.3 Å². The molecule has 0 fully saturated rings. The summed E-state index contributed by atoms with van der Waals surface area (Å²) in [6, 6.07) is 16.7. The third kappa shape index (κ3) is 3.75. The van der Waals surface area contributed by atoms with Crippen LogP contribution in [0.4, 0.5) is 5.69 Å². The first-order chi connectivity index (χ1) is 9.16. The van der Waals surface area contributed by atoms with Crippen LogP contribution in [0.25, 0.3) is 0 Å². The maximum Gasteiger partial charge on any atom is 0.125 e. The van der Waals surface area contributed by atoms with Gasteiger partial charge >= 0.3 is 0 Å². The molecule has 2 aromatic carbocycles. The quantitative estimate of drug-likeness (QED) is 0.865. The van der Waals surface area contributed by atoms with E-state index in [1.807, 2.05) is 18.2 Å². The molecule has 19 heavy (non-hydrogen) atoms. The lowest BCUT2D eigenvalue weighted by Gasteiger charge is -2.18. The lowest BCUT2D eigenvalue weighted by Crippen LogP contribution is -2.23. The zero-order valence-electron chi connectivity index (χ0n) is 11.8. The van der Waals surface area contributed by atoms with E-state index in [1.54, 1.807) is 0 Å². The second-order valence-electron chi connectivity index (χ2n) is 4.94. The van der Waals surface area contributed by atoms with Crippen molar-refractivity contribution in [3.63, 3.8) is 0 Å². The molecule has 0 heterocycles. The molecule has 0 saturated carbocycles. The Hall–Kier alpha value is -1.96. The van der Waals surface area contributed by atoms with E-state index in [1.165, 1.54) is 11.1 Å². The molecule has 0 aromatic heterocycles. The van der Waals surface area contributed by atoms with Gasteiger partial charge in [-0.2, -0.15) is 0 Å². The van der Waals surface area contributed by atoms with E-state index in [4.69, 9.17) is 4.74 Å². The molecule has 2 aromatic rings. The smallest absolute Gasteiger partial charge is 0.125 e. The number of ether oxygens (including phenoxy) is 1. The Morgan fingerprint density at radius 1 is 0.947 bits per heavy atom. The summed E-state index contributed by atoms with van der Waals surface area (Å²) >= 11 is 0. The molecule has 0 spiro atoms. The second-order valence-corrected chi connectivity index (χ2v) is 4.94. The second kappa shape index (κ2) is 6.28. The van der Waals surface area contributed by atoms with Crippen LogP contribution in [0.1, 0.15) is 18.1 Å². The molecule has 0 aliphatic heterocycles. The zero-order chi connectivity index (χ0) is 13.7. The van der Waals surface area contributed by atoms with Crippen LogP contribution in [0, 0.1) is 13.8 Å². The van der Waals surface area contributed by atoms with Crippen molar-refractivity contribution < 1.29 is 4.74 Å². The highest BCUT2D eigenvalue weighted by Crippen LogP contribution is 2.22. The maximum absolute atomic E-state index is 5.94. The molecule has 100 valence electrons. The number of rotatable bonds is 5. The molecule has 2 rings (SSSR count). The van der Waals surface area contributed by atoms with Crippen molar-refractivity contribution in [2.75, 3.05) is 11.9 Å². The molecule has 0 amide bonds. The van der Waals surface area contributed by atoms with E-state index in [9.17, 15) is 0 Å². The molecule has 2 heteroatoms. The summed E-state index contributed by atoms with van der Waals surface area (Å²) in [4.78, 5) is 0. The summed E-state index contributed by atoms with van der Waals surface area (Å²) in [7, 11) is 0. The van der Waals surface area contributed by atoms with Crippen molar-refractivity contribution in [3.05, 3.63) is 59.7 Å². The molecule has 0 saturated heterocycles. The zero-order valence-corrected chi connectivity index (χ0v) is 11.8. The fourth-order valence-electron chi connectivity index (χ4n) is 2.10. The normalized spacial score (nSPS) is 11.9. The van der Waals surface area contributed by atoms with Gasteiger partial charge in [-0.25, -0.2) is 0 Å². The lowest BCUT2D eigenvalue weighted by atomic mass is 10.1. The standard InChI is InChI=1S/C17H21NO/c1-13-8-7-9-14(2)17(13)19-12-15(3)18-16-10-5-4-6-11-16/h4-11,15,18H,12H2,1-3H3. The summed E-state index contributed by atoms with van der Waals surface area (Å²) in [5.41, 5.74) is 3.50. The third-order valence-electron chi connectivity index (χ3n) is 3.07. The van der Waals surface area contributed by atoms with Crippen LogP contribution in [-0.4, -0.2) is 12.6 Å². The van der Waals surface area contributed by atoms with Crippen LogP contribution in [0.5, 0.6) is 5.75 Å². The van der Waals surface area contributed by atoms with Crippen LogP contribution in [-0.2, 0) is 0 Å². The van der Waals surface area contributed by atoms with E-state index >= 15 is 0 Å². The summed E-state index contributed by atoms with van der Waals surface area (Å²) in [5, 5.41) is 3.43. The van der Waals surface area contributed by atoms with Gasteiger partial charge in [0.2, 0.25) is 0 Å². The Kier molecular flexibility index (Phi) is 4.45. The number of benzene rings is 2. The summed E-state index contributed by atoms with van der Waals surface area (Å²) in [6.07, 6.45) is 0. The Morgan fingerprint density at radius 2 is 1.58 bits per heavy atom. The maximum atomic E-state index is 5.94. The van der Waals surface area contributed by atoms with Gasteiger partial charge in [-0.05, 0) is 44.0 Å². The Morgan fingerprint density at radius 3 is 2.21 bits per heavy atom. The molecule has 1 unspecified atom stereocenters. The molecule has 0 aliphatic rings. The fraction of sp³-hybridized carbons (Fsp3) is 0.294. The highest BCUT2D eigenvalue weighted by molar-refractivity contribution is 5.43. The van der Waals surface area contributed by atoms with Crippen molar-refractivity contribution in [3.8, 4) is 5.75 Å². The monoisotopic (exact) mass is 255 g/mol. The van der Waals surface area contributed by atoms with Crippen LogP contribution in [0.3, 0.4) is 0 Å². The van der Waals surface area contributed by atoms with Gasteiger partial charge in [-0.3, -0.25) is 0 Å². The number of para-hydroxylation sites is 2. The first kappa shape index (κ1) is 13.5. The van der Waals surface area contributed by atoms with E-state index in [2.05, 4.69) is 56.4 Å². The molecule has 0 radical (unpaired) electrons.